The van der Waals surface area contributed by atoms with Crippen LogP contribution in [0.2, 0.25) is 0 Å². The first-order chi connectivity index (χ1) is 6.45. The molecule has 76 valence electrons. The van der Waals surface area contributed by atoms with Crippen LogP contribution in [0.3, 0.4) is 0 Å². The van der Waals surface area contributed by atoms with Crippen LogP contribution in [-0.2, 0) is 15.1 Å². The molecule has 1 aliphatic carbocycles. The maximum Gasteiger partial charge on any atom is 0.333 e. The smallest absolute Gasteiger partial charge is 0.333 e. The third kappa shape index (κ3) is 1.88. The highest BCUT2D eigenvalue weighted by atomic mass is 35.5. The topological polar surface area (TPSA) is 71.4 Å². The molecule has 6 heteroatoms. The maximum absolute atomic E-state index is 10.8. The summed E-state index contributed by atoms with van der Waals surface area (Å²) in [4.78, 5) is 10.6. The number of hydrogen-bond donors (Lipinski definition) is 1. The van der Waals surface area contributed by atoms with Gasteiger partial charge in [0.25, 0.3) is 0 Å². The van der Waals surface area contributed by atoms with Gasteiger partial charge in [0, 0.05) is 0 Å². The van der Waals surface area contributed by atoms with E-state index in [4.69, 9.17) is 16.7 Å². The molecule has 0 aromatic rings. The van der Waals surface area contributed by atoms with Gasteiger partial charge in [-0.05, 0) is 18.6 Å². The van der Waals surface area contributed by atoms with Gasteiger partial charge in [-0.25, -0.2) is 4.79 Å². The van der Waals surface area contributed by atoms with E-state index in [1.165, 1.54) is 12.2 Å². The number of allylic oxidation sites excluding steroid dienone is 3. The molecular weight excluding hydrogens is 228 g/mol. The third-order valence-corrected chi connectivity index (χ3v) is 3.33. The summed E-state index contributed by atoms with van der Waals surface area (Å²) in [6.07, 6.45) is 2.74. The van der Waals surface area contributed by atoms with Crippen molar-refractivity contribution in [1.29, 1.82) is 0 Å². The van der Waals surface area contributed by atoms with Crippen LogP contribution in [0, 0.1) is 0 Å². The van der Waals surface area contributed by atoms with E-state index in [-0.39, 0.29) is 10.4 Å². The number of carbonyl (C=O) groups is 1. The minimum Gasteiger partial charge on any atom is -0.478 e. The van der Waals surface area contributed by atoms with Gasteiger partial charge in [-0.15, -0.1) is 11.6 Å². The molecule has 1 N–H and O–H groups in total. The molecule has 0 aromatic carbocycles. The van der Waals surface area contributed by atoms with Gasteiger partial charge in [0.2, 0.25) is 10.3 Å². The summed E-state index contributed by atoms with van der Waals surface area (Å²) in [6, 6.07) is 0. The lowest BCUT2D eigenvalue weighted by molar-refractivity contribution is -0.132. The van der Waals surface area contributed by atoms with Crippen LogP contribution >= 0.6 is 11.6 Å². The van der Waals surface area contributed by atoms with Crippen molar-refractivity contribution in [3.05, 3.63) is 23.3 Å². The second-order valence-electron chi connectivity index (χ2n) is 2.74. The van der Waals surface area contributed by atoms with Crippen molar-refractivity contribution in [2.24, 2.45) is 0 Å². The monoisotopic (exact) mass is 234 g/mol. The minimum atomic E-state index is -2.49. The van der Waals surface area contributed by atoms with Crippen LogP contribution in [0.25, 0.3) is 0 Å². The summed E-state index contributed by atoms with van der Waals surface area (Å²) >= 11 is 5.71. The summed E-state index contributed by atoms with van der Waals surface area (Å²) in [5.74, 6) is -1.21. The van der Waals surface area contributed by atoms with Gasteiger partial charge in [0.15, 0.2) is 0 Å². The molecule has 1 atom stereocenters. The highest BCUT2D eigenvalue weighted by Crippen LogP contribution is 2.21. The Morgan fingerprint density at radius 3 is 2.50 bits per heavy atom. The Morgan fingerprint density at radius 2 is 2.07 bits per heavy atom. The predicted molar refractivity (Wildman–Crippen MR) is 53.0 cm³/mol. The van der Waals surface area contributed by atoms with Crippen molar-refractivity contribution in [3.63, 3.8) is 0 Å². The molecule has 1 aliphatic rings. The van der Waals surface area contributed by atoms with E-state index in [0.717, 1.165) is 0 Å². The second-order valence-corrected chi connectivity index (χ2v) is 4.08. The Labute approximate surface area is 87.0 Å². The van der Waals surface area contributed by atoms with Crippen LogP contribution in [0.4, 0.5) is 0 Å². The van der Waals surface area contributed by atoms with Crippen molar-refractivity contribution in [1.82, 2.24) is 0 Å². The number of halogens is 1. The van der Waals surface area contributed by atoms with Crippen molar-refractivity contribution in [2.45, 2.75) is 12.3 Å². The number of aliphatic carboxylic acids is 1. The molecule has 0 saturated heterocycles. The Bertz CT molecular complexity index is 462. The van der Waals surface area contributed by atoms with Gasteiger partial charge in [-0.3, -0.25) is 0 Å². The fraction of sp³-hybridized carbons (Fsp3) is 0.250. The van der Waals surface area contributed by atoms with Crippen LogP contribution in [0.5, 0.6) is 0 Å². The van der Waals surface area contributed by atoms with Crippen LogP contribution in [0.1, 0.15) is 6.92 Å². The molecule has 4 nitrogen and oxygen atoms in total. The third-order valence-electron chi connectivity index (χ3n) is 1.83. The van der Waals surface area contributed by atoms with E-state index in [2.05, 4.69) is 0 Å². The first-order valence-electron chi connectivity index (χ1n) is 3.67. The van der Waals surface area contributed by atoms with E-state index >= 15 is 0 Å². The van der Waals surface area contributed by atoms with Gasteiger partial charge in [0.1, 0.15) is 5.38 Å². The highest BCUT2D eigenvalue weighted by molar-refractivity contribution is 7.73. The normalized spacial score (nSPS) is 21.3. The number of carboxylic acid groups (broad SMARTS) is 1. The number of alkyl halides is 1. The molecule has 0 amide bonds. The minimum absolute atomic E-state index is 0.0773. The summed E-state index contributed by atoms with van der Waals surface area (Å²) < 4.78 is 21.5. The summed E-state index contributed by atoms with van der Waals surface area (Å²) in [7, 11) is -2.49. The van der Waals surface area contributed by atoms with Crippen molar-refractivity contribution < 1.29 is 18.3 Å². The Morgan fingerprint density at radius 1 is 1.50 bits per heavy atom. The summed E-state index contributed by atoms with van der Waals surface area (Å²) in [5, 5.41) is 7.60. The fourth-order valence-corrected chi connectivity index (χ4v) is 2.30. The number of carboxylic acids is 1. The van der Waals surface area contributed by atoms with E-state index in [1.807, 2.05) is 0 Å². The molecular formula is C8H7ClO4S. The largest absolute Gasteiger partial charge is 0.478 e. The van der Waals surface area contributed by atoms with Crippen LogP contribution in [0.15, 0.2) is 23.3 Å². The molecule has 0 aromatic heterocycles. The van der Waals surface area contributed by atoms with E-state index in [9.17, 15) is 13.2 Å². The number of hydrogen-bond acceptors (Lipinski definition) is 3. The maximum atomic E-state index is 10.8. The molecule has 0 radical (unpaired) electrons. The molecule has 14 heavy (non-hydrogen) atoms. The SMILES string of the molecule is CC1=CC=C(C(=O)O)C(Cl)C1=S(=O)=O. The van der Waals surface area contributed by atoms with Crippen molar-refractivity contribution >= 4 is 32.7 Å². The van der Waals surface area contributed by atoms with Crippen molar-refractivity contribution in [2.75, 3.05) is 0 Å². The lowest BCUT2D eigenvalue weighted by Gasteiger charge is -2.15. The van der Waals surface area contributed by atoms with Crippen LogP contribution < -0.4 is 0 Å². The Hall–Kier alpha value is -1.07. The quantitative estimate of drug-likeness (QED) is 0.533. The molecule has 0 spiro atoms. The zero-order chi connectivity index (χ0) is 10.9. The fourth-order valence-electron chi connectivity index (χ4n) is 1.12. The molecule has 0 fully saturated rings. The summed E-state index contributed by atoms with van der Waals surface area (Å²) in [6.45, 7) is 1.57. The Balaban J connectivity index is 3.36. The molecule has 0 saturated carbocycles. The van der Waals surface area contributed by atoms with Gasteiger partial charge in [0.05, 0.1) is 10.4 Å². The lowest BCUT2D eigenvalue weighted by atomic mass is 9.99. The van der Waals surface area contributed by atoms with E-state index in [1.54, 1.807) is 6.92 Å². The molecule has 0 heterocycles. The molecule has 0 aliphatic heterocycles. The molecule has 1 unspecified atom stereocenters. The first kappa shape index (κ1) is 11.0. The standard InChI is InChI=1S/C8H7ClO4S/c1-4-2-3-5(8(10)11)6(9)7(4)14(12)13/h2-3,6H,1H3,(H,10,11). The lowest BCUT2D eigenvalue weighted by Crippen LogP contribution is -2.26. The van der Waals surface area contributed by atoms with Gasteiger partial charge >= 0.3 is 5.97 Å². The van der Waals surface area contributed by atoms with E-state index < -0.39 is 21.6 Å². The average Bonchev–Trinajstić information content (AvgIpc) is 2.02. The highest BCUT2D eigenvalue weighted by Gasteiger charge is 2.27. The number of rotatable bonds is 1. The van der Waals surface area contributed by atoms with Gasteiger partial charge in [-0.2, -0.15) is 8.42 Å². The molecule has 1 rings (SSSR count). The van der Waals surface area contributed by atoms with E-state index in [0.29, 0.717) is 5.57 Å². The van der Waals surface area contributed by atoms with Crippen LogP contribution in [-0.4, -0.2) is 29.7 Å². The second kappa shape index (κ2) is 3.98. The molecule has 0 bridgehead atoms. The zero-order valence-corrected chi connectivity index (χ0v) is 8.76. The first-order valence-corrected chi connectivity index (χ1v) is 5.18. The summed E-state index contributed by atoms with van der Waals surface area (Å²) in [5.41, 5.74) is 0.333. The Kier molecular flexibility index (Phi) is 3.13. The average molecular weight is 235 g/mol. The van der Waals surface area contributed by atoms with Gasteiger partial charge < -0.3 is 5.11 Å². The van der Waals surface area contributed by atoms with Gasteiger partial charge in [-0.1, -0.05) is 6.08 Å². The van der Waals surface area contributed by atoms with Crippen molar-refractivity contribution in [3.8, 4) is 0 Å². The zero-order valence-electron chi connectivity index (χ0n) is 7.19. The predicted octanol–water partition coefficient (Wildman–Crippen LogP) is 0.616.